The molecule has 5 nitrogen and oxygen atoms in total. The lowest BCUT2D eigenvalue weighted by atomic mass is 9.94. The van der Waals surface area contributed by atoms with Crippen molar-refractivity contribution in [1.82, 2.24) is 15.5 Å². The maximum Gasteiger partial charge on any atom is 0.251 e. The van der Waals surface area contributed by atoms with Crippen LogP contribution in [0.3, 0.4) is 0 Å². The van der Waals surface area contributed by atoms with Crippen LogP contribution in [0.5, 0.6) is 0 Å². The summed E-state index contributed by atoms with van der Waals surface area (Å²) in [6.45, 7) is 2.34. The fourth-order valence-corrected chi connectivity index (χ4v) is 3.14. The quantitative estimate of drug-likeness (QED) is 0.841. The Morgan fingerprint density at radius 2 is 2.24 bits per heavy atom. The van der Waals surface area contributed by atoms with Crippen LogP contribution in [0, 0.1) is 0 Å². The highest BCUT2D eigenvalue weighted by molar-refractivity contribution is 5.96. The minimum Gasteiger partial charge on any atom is -0.348 e. The van der Waals surface area contributed by atoms with Crippen molar-refractivity contribution in [2.45, 2.75) is 31.8 Å². The van der Waals surface area contributed by atoms with Gasteiger partial charge in [-0.05, 0) is 36.6 Å². The Balaban J connectivity index is 1.73. The largest absolute Gasteiger partial charge is 0.348 e. The zero-order valence-electron chi connectivity index (χ0n) is 12.3. The highest BCUT2D eigenvalue weighted by Crippen LogP contribution is 2.19. The predicted octanol–water partition coefficient (Wildman–Crippen LogP) is 0.683. The van der Waals surface area contributed by atoms with Crippen molar-refractivity contribution in [1.29, 1.82) is 0 Å². The van der Waals surface area contributed by atoms with Crippen LogP contribution >= 0.6 is 0 Å². The number of likely N-dealkylation sites (N-methyl/N-ethyl adjacent to an activating group) is 1. The SMILES string of the molecule is CN1CC(NC(=O)c2cccc3c2CCNC3)CCC1=O. The molecule has 5 heteroatoms. The van der Waals surface area contributed by atoms with E-state index in [1.165, 1.54) is 5.56 Å². The van der Waals surface area contributed by atoms with Crippen LogP contribution in [0.4, 0.5) is 0 Å². The van der Waals surface area contributed by atoms with Crippen LogP contribution in [0.1, 0.15) is 34.3 Å². The van der Waals surface area contributed by atoms with E-state index in [9.17, 15) is 9.59 Å². The minimum absolute atomic E-state index is 0.0125. The Morgan fingerprint density at radius 1 is 1.38 bits per heavy atom. The summed E-state index contributed by atoms with van der Waals surface area (Å²) in [4.78, 5) is 25.7. The Bertz CT molecular complexity index is 571. The normalized spacial score (nSPS) is 21.9. The monoisotopic (exact) mass is 287 g/mol. The van der Waals surface area contributed by atoms with E-state index in [1.54, 1.807) is 11.9 Å². The summed E-state index contributed by atoms with van der Waals surface area (Å²) in [6, 6.07) is 5.97. The molecule has 2 heterocycles. The predicted molar refractivity (Wildman–Crippen MR) is 80.0 cm³/mol. The topological polar surface area (TPSA) is 61.4 Å². The van der Waals surface area contributed by atoms with Gasteiger partial charge in [0, 0.05) is 38.2 Å². The molecule has 112 valence electrons. The second-order valence-corrected chi connectivity index (χ2v) is 5.85. The van der Waals surface area contributed by atoms with Crippen molar-refractivity contribution in [3.05, 3.63) is 34.9 Å². The molecule has 0 aromatic heterocycles. The molecule has 1 fully saturated rings. The van der Waals surface area contributed by atoms with Crippen molar-refractivity contribution in [3.63, 3.8) is 0 Å². The first-order valence-electron chi connectivity index (χ1n) is 7.51. The molecule has 1 saturated heterocycles. The molecule has 0 spiro atoms. The molecule has 1 atom stereocenters. The highest BCUT2D eigenvalue weighted by atomic mass is 16.2. The fraction of sp³-hybridized carbons (Fsp3) is 0.500. The van der Waals surface area contributed by atoms with Gasteiger partial charge in [0.2, 0.25) is 5.91 Å². The molecule has 1 aromatic carbocycles. The molecular formula is C16H21N3O2. The Hall–Kier alpha value is -1.88. The number of piperidine rings is 1. The zero-order valence-corrected chi connectivity index (χ0v) is 12.3. The van der Waals surface area contributed by atoms with Crippen LogP contribution in [-0.2, 0) is 17.8 Å². The van der Waals surface area contributed by atoms with Crippen LogP contribution in [0.15, 0.2) is 18.2 Å². The molecular weight excluding hydrogens is 266 g/mol. The third-order valence-electron chi connectivity index (χ3n) is 4.35. The Morgan fingerprint density at radius 3 is 3.05 bits per heavy atom. The average molecular weight is 287 g/mol. The molecule has 2 aliphatic heterocycles. The van der Waals surface area contributed by atoms with Gasteiger partial charge in [0.15, 0.2) is 0 Å². The van der Waals surface area contributed by atoms with Crippen molar-refractivity contribution in [3.8, 4) is 0 Å². The van der Waals surface area contributed by atoms with Crippen LogP contribution < -0.4 is 10.6 Å². The molecule has 2 N–H and O–H groups in total. The Kier molecular flexibility index (Phi) is 3.92. The summed E-state index contributed by atoms with van der Waals surface area (Å²) in [6.07, 6.45) is 2.13. The summed E-state index contributed by atoms with van der Waals surface area (Å²) >= 11 is 0. The first-order chi connectivity index (χ1) is 10.1. The highest BCUT2D eigenvalue weighted by Gasteiger charge is 2.25. The number of fused-ring (bicyclic) bond motifs is 1. The molecule has 3 rings (SSSR count). The van der Waals surface area contributed by atoms with Gasteiger partial charge >= 0.3 is 0 Å². The van der Waals surface area contributed by atoms with E-state index in [0.29, 0.717) is 13.0 Å². The number of carbonyl (C=O) groups excluding carboxylic acids is 2. The number of rotatable bonds is 2. The van der Waals surface area contributed by atoms with Crippen molar-refractivity contribution in [2.75, 3.05) is 20.1 Å². The summed E-state index contributed by atoms with van der Waals surface area (Å²) in [5, 5.41) is 6.41. The van der Waals surface area contributed by atoms with Crippen LogP contribution in [-0.4, -0.2) is 42.9 Å². The van der Waals surface area contributed by atoms with Gasteiger partial charge < -0.3 is 15.5 Å². The third kappa shape index (κ3) is 2.93. The third-order valence-corrected chi connectivity index (χ3v) is 4.35. The van der Waals surface area contributed by atoms with E-state index in [2.05, 4.69) is 16.7 Å². The zero-order chi connectivity index (χ0) is 14.8. The van der Waals surface area contributed by atoms with Gasteiger partial charge in [-0.15, -0.1) is 0 Å². The van der Waals surface area contributed by atoms with E-state index < -0.39 is 0 Å². The number of likely N-dealkylation sites (tertiary alicyclic amines) is 1. The number of hydrogen-bond donors (Lipinski definition) is 2. The Labute approximate surface area is 124 Å². The minimum atomic E-state index is -0.0125. The van der Waals surface area contributed by atoms with Crippen LogP contribution in [0.25, 0.3) is 0 Å². The number of carbonyl (C=O) groups is 2. The van der Waals surface area contributed by atoms with E-state index in [-0.39, 0.29) is 17.9 Å². The number of amides is 2. The number of benzene rings is 1. The van der Waals surface area contributed by atoms with Gasteiger partial charge in [-0.2, -0.15) is 0 Å². The van der Waals surface area contributed by atoms with E-state index >= 15 is 0 Å². The van der Waals surface area contributed by atoms with Gasteiger partial charge in [0.1, 0.15) is 0 Å². The van der Waals surface area contributed by atoms with E-state index in [1.807, 2.05) is 12.1 Å². The molecule has 21 heavy (non-hydrogen) atoms. The maximum atomic E-state index is 12.5. The van der Waals surface area contributed by atoms with Gasteiger partial charge in [0.05, 0.1) is 0 Å². The molecule has 2 amide bonds. The van der Waals surface area contributed by atoms with Crippen molar-refractivity contribution in [2.24, 2.45) is 0 Å². The molecule has 0 saturated carbocycles. The van der Waals surface area contributed by atoms with E-state index in [0.717, 1.165) is 37.1 Å². The lowest BCUT2D eigenvalue weighted by molar-refractivity contribution is -0.132. The molecule has 0 aliphatic carbocycles. The lowest BCUT2D eigenvalue weighted by Crippen LogP contribution is -2.48. The van der Waals surface area contributed by atoms with Crippen molar-refractivity contribution < 1.29 is 9.59 Å². The van der Waals surface area contributed by atoms with Gasteiger partial charge in [-0.25, -0.2) is 0 Å². The van der Waals surface area contributed by atoms with Gasteiger partial charge in [0.25, 0.3) is 5.91 Å². The van der Waals surface area contributed by atoms with Crippen molar-refractivity contribution >= 4 is 11.8 Å². The number of nitrogens with zero attached hydrogens (tertiary/aromatic N) is 1. The fourth-order valence-electron chi connectivity index (χ4n) is 3.14. The summed E-state index contributed by atoms with van der Waals surface area (Å²) in [5.41, 5.74) is 3.16. The lowest BCUT2D eigenvalue weighted by Gasteiger charge is -2.30. The second-order valence-electron chi connectivity index (χ2n) is 5.85. The standard InChI is InChI=1S/C16H21N3O2/c1-19-10-12(5-6-15(19)20)18-16(21)14-4-2-3-11-9-17-8-7-13(11)14/h2-4,12,17H,5-10H2,1H3,(H,18,21). The molecule has 2 aliphatic rings. The first-order valence-corrected chi connectivity index (χ1v) is 7.51. The van der Waals surface area contributed by atoms with Gasteiger partial charge in [-0.3, -0.25) is 9.59 Å². The molecule has 1 aromatic rings. The van der Waals surface area contributed by atoms with E-state index in [4.69, 9.17) is 0 Å². The summed E-state index contributed by atoms with van der Waals surface area (Å²) in [5.74, 6) is 0.144. The molecule has 0 bridgehead atoms. The maximum absolute atomic E-state index is 12.5. The molecule has 1 unspecified atom stereocenters. The second kappa shape index (κ2) is 5.85. The molecule has 0 radical (unpaired) electrons. The van der Waals surface area contributed by atoms with Gasteiger partial charge in [-0.1, -0.05) is 12.1 Å². The van der Waals surface area contributed by atoms with Crippen LogP contribution in [0.2, 0.25) is 0 Å². The number of hydrogen-bond acceptors (Lipinski definition) is 3. The first kappa shape index (κ1) is 14.1. The smallest absolute Gasteiger partial charge is 0.251 e. The average Bonchev–Trinajstić information content (AvgIpc) is 2.50. The number of nitrogens with one attached hydrogen (secondary N) is 2. The summed E-state index contributed by atoms with van der Waals surface area (Å²) in [7, 11) is 1.79. The summed E-state index contributed by atoms with van der Waals surface area (Å²) < 4.78 is 0.